The van der Waals surface area contributed by atoms with Crippen LogP contribution in [0.4, 0.5) is 11.4 Å². The van der Waals surface area contributed by atoms with Crippen molar-refractivity contribution >= 4 is 29.3 Å². The summed E-state index contributed by atoms with van der Waals surface area (Å²) in [5, 5.41) is 15.1. The molecule has 34 heavy (non-hydrogen) atoms. The van der Waals surface area contributed by atoms with Gasteiger partial charge in [-0.2, -0.15) is 5.26 Å². The van der Waals surface area contributed by atoms with E-state index < -0.39 is 5.91 Å². The molecular formula is C27H25N3O4. The quantitative estimate of drug-likeness (QED) is 0.373. The Morgan fingerprint density at radius 2 is 1.74 bits per heavy atom. The van der Waals surface area contributed by atoms with Crippen molar-refractivity contribution in [2.75, 3.05) is 24.4 Å². The summed E-state index contributed by atoms with van der Waals surface area (Å²) in [5.41, 5.74) is 3.64. The van der Waals surface area contributed by atoms with Crippen molar-refractivity contribution in [1.82, 2.24) is 0 Å². The number of carbonyl (C=O) groups excluding carboxylic acids is 2. The fraction of sp³-hybridized carbons (Fsp3) is 0.148. The summed E-state index contributed by atoms with van der Waals surface area (Å²) in [6.45, 7) is 3.64. The van der Waals surface area contributed by atoms with Crippen molar-refractivity contribution in [2.24, 2.45) is 0 Å². The number of para-hydroxylation sites is 1. The Labute approximate surface area is 198 Å². The standard InChI is InChI=1S/C27H25N3O4/c1-18-8-9-19(2)24(14-18)30-26(31)17-34-25-7-5-4-6-20(25)15-21(16-28)27(32)29-22-10-12-23(33-3)13-11-22/h4-15H,17H2,1-3H3,(H,29,32)(H,30,31)/b21-15-. The lowest BCUT2D eigenvalue weighted by Crippen LogP contribution is -2.21. The van der Waals surface area contributed by atoms with E-state index in [-0.39, 0.29) is 18.1 Å². The van der Waals surface area contributed by atoms with Crippen molar-refractivity contribution < 1.29 is 19.1 Å². The highest BCUT2D eigenvalue weighted by molar-refractivity contribution is 6.09. The number of rotatable bonds is 8. The maximum Gasteiger partial charge on any atom is 0.266 e. The fourth-order valence-electron chi connectivity index (χ4n) is 3.11. The molecule has 0 bridgehead atoms. The lowest BCUT2D eigenvalue weighted by Gasteiger charge is -2.12. The first kappa shape index (κ1) is 24.1. The molecule has 0 heterocycles. The second-order valence-corrected chi connectivity index (χ2v) is 7.55. The van der Waals surface area contributed by atoms with Gasteiger partial charge in [0.05, 0.1) is 7.11 Å². The van der Waals surface area contributed by atoms with Gasteiger partial charge >= 0.3 is 0 Å². The molecule has 7 heteroatoms. The van der Waals surface area contributed by atoms with Crippen LogP contribution in [0.2, 0.25) is 0 Å². The smallest absolute Gasteiger partial charge is 0.266 e. The Balaban J connectivity index is 1.70. The number of carbonyl (C=O) groups is 2. The molecule has 0 radical (unpaired) electrons. The van der Waals surface area contributed by atoms with E-state index in [1.54, 1.807) is 55.6 Å². The summed E-state index contributed by atoms with van der Waals surface area (Å²) in [6, 6.07) is 21.4. The molecule has 0 saturated carbocycles. The molecule has 0 fully saturated rings. The zero-order chi connectivity index (χ0) is 24.5. The molecule has 2 N–H and O–H groups in total. The molecule has 7 nitrogen and oxygen atoms in total. The van der Waals surface area contributed by atoms with Crippen LogP contribution in [0.3, 0.4) is 0 Å². The lowest BCUT2D eigenvalue weighted by atomic mass is 10.1. The average Bonchev–Trinajstić information content (AvgIpc) is 2.84. The van der Waals surface area contributed by atoms with Gasteiger partial charge in [-0.3, -0.25) is 9.59 Å². The van der Waals surface area contributed by atoms with E-state index in [4.69, 9.17) is 9.47 Å². The molecular weight excluding hydrogens is 430 g/mol. The molecule has 0 aromatic heterocycles. The lowest BCUT2D eigenvalue weighted by molar-refractivity contribution is -0.118. The van der Waals surface area contributed by atoms with Gasteiger partial charge in [-0.05, 0) is 67.4 Å². The second kappa shape index (κ2) is 11.3. The zero-order valence-corrected chi connectivity index (χ0v) is 19.2. The van der Waals surface area contributed by atoms with Gasteiger partial charge in [0.15, 0.2) is 6.61 Å². The number of amides is 2. The highest BCUT2D eigenvalue weighted by atomic mass is 16.5. The van der Waals surface area contributed by atoms with Crippen molar-refractivity contribution in [3.8, 4) is 17.6 Å². The van der Waals surface area contributed by atoms with Crippen LogP contribution in [0.25, 0.3) is 6.08 Å². The number of nitrogens with zero attached hydrogens (tertiary/aromatic N) is 1. The Morgan fingerprint density at radius 3 is 2.44 bits per heavy atom. The highest BCUT2D eigenvalue weighted by Crippen LogP contribution is 2.22. The summed E-state index contributed by atoms with van der Waals surface area (Å²) in [5.74, 6) is 0.158. The van der Waals surface area contributed by atoms with Crippen molar-refractivity contribution in [3.05, 3.63) is 89.0 Å². The third kappa shape index (κ3) is 6.47. The minimum atomic E-state index is -0.560. The minimum Gasteiger partial charge on any atom is -0.497 e. The molecule has 0 atom stereocenters. The van der Waals surface area contributed by atoms with E-state index in [1.807, 2.05) is 38.1 Å². The first-order valence-corrected chi connectivity index (χ1v) is 10.6. The minimum absolute atomic E-state index is 0.105. The number of hydrogen-bond donors (Lipinski definition) is 2. The molecule has 3 rings (SSSR count). The van der Waals surface area contributed by atoms with E-state index >= 15 is 0 Å². The summed E-state index contributed by atoms with van der Waals surface area (Å²) >= 11 is 0. The van der Waals surface area contributed by atoms with Gasteiger partial charge in [-0.25, -0.2) is 0 Å². The van der Waals surface area contributed by atoms with Crippen LogP contribution < -0.4 is 20.1 Å². The van der Waals surface area contributed by atoms with Gasteiger partial charge in [0.1, 0.15) is 23.1 Å². The van der Waals surface area contributed by atoms with Gasteiger partial charge in [0.25, 0.3) is 11.8 Å². The van der Waals surface area contributed by atoms with Crippen molar-refractivity contribution in [1.29, 1.82) is 5.26 Å². The van der Waals surface area contributed by atoms with Crippen LogP contribution in [0.5, 0.6) is 11.5 Å². The maximum absolute atomic E-state index is 12.6. The molecule has 0 aliphatic rings. The number of methoxy groups -OCH3 is 1. The van der Waals surface area contributed by atoms with Crippen LogP contribution in [0.1, 0.15) is 16.7 Å². The Hall–Kier alpha value is -4.57. The molecule has 0 unspecified atom stereocenters. The van der Waals surface area contributed by atoms with Gasteiger partial charge in [0, 0.05) is 16.9 Å². The fourth-order valence-corrected chi connectivity index (χ4v) is 3.11. The van der Waals surface area contributed by atoms with Crippen LogP contribution in [0.15, 0.2) is 72.3 Å². The Bertz CT molecular complexity index is 1260. The van der Waals surface area contributed by atoms with Crippen LogP contribution >= 0.6 is 0 Å². The van der Waals surface area contributed by atoms with Crippen LogP contribution in [0, 0.1) is 25.2 Å². The number of nitriles is 1. The SMILES string of the molecule is COc1ccc(NC(=O)/C(C#N)=C\c2ccccc2OCC(=O)Nc2cc(C)ccc2C)cc1. The average molecular weight is 456 g/mol. The molecule has 2 amide bonds. The molecule has 3 aromatic rings. The predicted molar refractivity (Wildman–Crippen MR) is 132 cm³/mol. The summed E-state index contributed by atoms with van der Waals surface area (Å²) in [4.78, 5) is 25.0. The Kier molecular flexibility index (Phi) is 8.03. The third-order valence-corrected chi connectivity index (χ3v) is 4.96. The first-order chi connectivity index (χ1) is 16.4. The third-order valence-electron chi connectivity index (χ3n) is 4.96. The van der Waals surface area contributed by atoms with Crippen molar-refractivity contribution in [3.63, 3.8) is 0 Å². The molecule has 0 saturated heterocycles. The van der Waals surface area contributed by atoms with Crippen LogP contribution in [-0.2, 0) is 9.59 Å². The van der Waals surface area contributed by atoms with Gasteiger partial charge < -0.3 is 20.1 Å². The van der Waals surface area contributed by atoms with E-state index in [0.717, 1.165) is 16.8 Å². The maximum atomic E-state index is 12.6. The van der Waals surface area contributed by atoms with Gasteiger partial charge in [-0.15, -0.1) is 0 Å². The Morgan fingerprint density at radius 1 is 1.00 bits per heavy atom. The number of ether oxygens (including phenoxy) is 2. The van der Waals surface area contributed by atoms with Gasteiger partial charge in [0.2, 0.25) is 0 Å². The number of anilines is 2. The monoisotopic (exact) mass is 455 g/mol. The summed E-state index contributed by atoms with van der Waals surface area (Å²) < 4.78 is 10.8. The van der Waals surface area contributed by atoms with E-state index in [1.165, 1.54) is 6.08 Å². The summed E-state index contributed by atoms with van der Waals surface area (Å²) in [7, 11) is 1.55. The number of hydrogen-bond acceptors (Lipinski definition) is 5. The van der Waals surface area contributed by atoms with E-state index in [0.29, 0.717) is 22.7 Å². The molecule has 172 valence electrons. The summed E-state index contributed by atoms with van der Waals surface area (Å²) in [6.07, 6.45) is 1.43. The van der Waals surface area contributed by atoms with Gasteiger partial charge in [-0.1, -0.05) is 30.3 Å². The van der Waals surface area contributed by atoms with Crippen LogP contribution in [-0.4, -0.2) is 25.5 Å². The first-order valence-electron chi connectivity index (χ1n) is 10.6. The number of aryl methyl sites for hydroxylation is 2. The largest absolute Gasteiger partial charge is 0.497 e. The molecule has 3 aromatic carbocycles. The predicted octanol–water partition coefficient (Wildman–Crippen LogP) is 4.88. The van der Waals surface area contributed by atoms with E-state index in [2.05, 4.69) is 10.6 Å². The number of benzene rings is 3. The van der Waals surface area contributed by atoms with Crippen molar-refractivity contribution in [2.45, 2.75) is 13.8 Å². The van der Waals surface area contributed by atoms with E-state index in [9.17, 15) is 14.9 Å². The zero-order valence-electron chi connectivity index (χ0n) is 19.2. The topological polar surface area (TPSA) is 100 Å². The molecule has 0 aliphatic heterocycles. The second-order valence-electron chi connectivity index (χ2n) is 7.55. The molecule has 0 aliphatic carbocycles. The molecule has 0 spiro atoms. The highest BCUT2D eigenvalue weighted by Gasteiger charge is 2.13. The number of nitrogens with one attached hydrogen (secondary N) is 2. The normalized spacial score (nSPS) is 10.7.